The Balaban J connectivity index is 0.00000261. The van der Waals surface area contributed by atoms with Crippen LogP contribution in [0.25, 0.3) is 0 Å². The molecule has 154 valence electrons. The van der Waals surface area contributed by atoms with Crippen molar-refractivity contribution in [1.82, 2.24) is 20.5 Å². The summed E-state index contributed by atoms with van der Waals surface area (Å²) < 4.78 is 0. The Kier molecular flexibility index (Phi) is 9.28. The molecule has 1 aliphatic carbocycles. The lowest BCUT2D eigenvalue weighted by atomic mass is 9.79. The molecule has 7 heteroatoms. The number of thiazole rings is 1. The molecule has 1 aliphatic heterocycles. The van der Waals surface area contributed by atoms with E-state index in [0.29, 0.717) is 5.54 Å². The van der Waals surface area contributed by atoms with Crippen LogP contribution in [0.15, 0.2) is 4.99 Å². The lowest BCUT2D eigenvalue weighted by Gasteiger charge is -2.48. The van der Waals surface area contributed by atoms with Gasteiger partial charge in [0.15, 0.2) is 5.96 Å². The molecule has 1 saturated heterocycles. The molecule has 0 amide bonds. The van der Waals surface area contributed by atoms with Crippen LogP contribution in [0, 0.1) is 13.8 Å². The van der Waals surface area contributed by atoms with Gasteiger partial charge < -0.3 is 10.6 Å². The number of likely N-dealkylation sites (tertiary alicyclic amines) is 1. The Morgan fingerprint density at radius 1 is 1.07 bits per heavy atom. The third-order valence-corrected chi connectivity index (χ3v) is 7.11. The van der Waals surface area contributed by atoms with E-state index in [-0.39, 0.29) is 24.0 Å². The van der Waals surface area contributed by atoms with E-state index in [2.05, 4.69) is 39.4 Å². The molecule has 5 nitrogen and oxygen atoms in total. The maximum atomic E-state index is 4.52. The van der Waals surface area contributed by atoms with E-state index < -0.39 is 0 Å². The first-order chi connectivity index (χ1) is 12.6. The number of hydrogen-bond acceptors (Lipinski definition) is 4. The van der Waals surface area contributed by atoms with Gasteiger partial charge in [-0.2, -0.15) is 0 Å². The van der Waals surface area contributed by atoms with Crippen LogP contribution in [0.2, 0.25) is 0 Å². The van der Waals surface area contributed by atoms with Crippen LogP contribution in [0.4, 0.5) is 0 Å². The van der Waals surface area contributed by atoms with Crippen molar-refractivity contribution in [2.24, 2.45) is 4.99 Å². The second kappa shape index (κ2) is 11.0. The van der Waals surface area contributed by atoms with Crippen molar-refractivity contribution >= 4 is 41.3 Å². The van der Waals surface area contributed by atoms with E-state index >= 15 is 0 Å². The fourth-order valence-electron chi connectivity index (χ4n) is 4.55. The molecule has 1 aromatic rings. The first kappa shape index (κ1) is 22.9. The number of nitrogens with zero attached hydrogens (tertiary/aromatic N) is 3. The summed E-state index contributed by atoms with van der Waals surface area (Å²) in [6.45, 7) is 8.50. The molecule has 2 aliphatic rings. The average molecular weight is 506 g/mol. The van der Waals surface area contributed by atoms with Gasteiger partial charge >= 0.3 is 0 Å². The van der Waals surface area contributed by atoms with Crippen molar-refractivity contribution < 1.29 is 0 Å². The average Bonchev–Trinajstić information content (AvgIpc) is 3.00. The summed E-state index contributed by atoms with van der Waals surface area (Å²) in [5.41, 5.74) is 1.46. The van der Waals surface area contributed by atoms with Gasteiger partial charge in [-0.3, -0.25) is 9.89 Å². The molecule has 2 fully saturated rings. The summed E-state index contributed by atoms with van der Waals surface area (Å²) in [5, 5.41) is 8.28. The molecule has 0 unspecified atom stereocenters. The van der Waals surface area contributed by atoms with Gasteiger partial charge in [-0.1, -0.05) is 25.7 Å². The van der Waals surface area contributed by atoms with Crippen molar-refractivity contribution in [3.8, 4) is 0 Å². The molecule has 0 radical (unpaired) electrons. The highest BCUT2D eigenvalue weighted by Gasteiger charge is 2.38. The first-order valence-electron chi connectivity index (χ1n) is 10.3. The van der Waals surface area contributed by atoms with Gasteiger partial charge in [0.25, 0.3) is 0 Å². The van der Waals surface area contributed by atoms with Crippen LogP contribution in [-0.2, 0) is 6.54 Å². The number of guanidine groups is 1. The lowest BCUT2D eigenvalue weighted by molar-refractivity contribution is 0.0368. The van der Waals surface area contributed by atoms with Crippen molar-refractivity contribution in [1.29, 1.82) is 0 Å². The fraction of sp³-hybridized carbons (Fsp3) is 0.800. The predicted octanol–water partition coefficient (Wildman–Crippen LogP) is 4.23. The highest BCUT2D eigenvalue weighted by molar-refractivity contribution is 14.0. The number of aromatic nitrogens is 1. The van der Waals surface area contributed by atoms with Crippen molar-refractivity contribution in [3.63, 3.8) is 0 Å². The van der Waals surface area contributed by atoms with E-state index in [9.17, 15) is 0 Å². The van der Waals surface area contributed by atoms with Gasteiger partial charge in [-0.15, -0.1) is 35.3 Å². The maximum absolute atomic E-state index is 4.52. The number of halogens is 1. The quantitative estimate of drug-likeness (QED) is 0.357. The molecular weight excluding hydrogens is 469 g/mol. The van der Waals surface area contributed by atoms with E-state index in [1.54, 1.807) is 11.3 Å². The zero-order valence-electron chi connectivity index (χ0n) is 17.1. The number of piperidine rings is 1. The van der Waals surface area contributed by atoms with Gasteiger partial charge in [0.05, 0.1) is 17.2 Å². The molecular formula is C20H36IN5S. The highest BCUT2D eigenvalue weighted by Crippen LogP contribution is 2.35. The number of hydrogen-bond donors (Lipinski definition) is 2. The molecule has 0 spiro atoms. The first-order valence-corrected chi connectivity index (χ1v) is 11.1. The van der Waals surface area contributed by atoms with Crippen LogP contribution in [0.3, 0.4) is 0 Å². The van der Waals surface area contributed by atoms with Crippen LogP contribution in [0.5, 0.6) is 0 Å². The largest absolute Gasteiger partial charge is 0.355 e. The van der Waals surface area contributed by atoms with Gasteiger partial charge in [0, 0.05) is 24.0 Å². The third-order valence-electron chi connectivity index (χ3n) is 6.04. The van der Waals surface area contributed by atoms with Crippen LogP contribution < -0.4 is 10.6 Å². The van der Waals surface area contributed by atoms with Crippen molar-refractivity contribution in [2.45, 2.75) is 77.3 Å². The second-order valence-corrected chi connectivity index (χ2v) is 9.14. The minimum Gasteiger partial charge on any atom is -0.355 e. The number of rotatable bonds is 5. The molecule has 3 rings (SSSR count). The van der Waals surface area contributed by atoms with E-state index in [1.807, 2.05) is 7.05 Å². The normalized spacial score (nSPS) is 20.8. The lowest BCUT2D eigenvalue weighted by Crippen LogP contribution is -2.59. The summed E-state index contributed by atoms with van der Waals surface area (Å²) >= 11 is 1.77. The Bertz CT molecular complexity index is 604. The number of aryl methyl sites for hydroxylation is 2. The standard InChI is InChI=1S/C20H35N5S.HI/c1-16-18(26-17(2)24-16)14-22-19(21-3)23-15-20(10-6-4-7-11-20)25-12-8-5-9-13-25;/h4-15H2,1-3H3,(H2,21,22,23);1H. The van der Waals surface area contributed by atoms with E-state index in [4.69, 9.17) is 0 Å². The smallest absolute Gasteiger partial charge is 0.191 e. The molecule has 0 bridgehead atoms. The van der Waals surface area contributed by atoms with Crippen LogP contribution in [-0.4, -0.2) is 48.1 Å². The maximum Gasteiger partial charge on any atom is 0.191 e. The van der Waals surface area contributed by atoms with Gasteiger partial charge in [0.1, 0.15) is 0 Å². The molecule has 2 heterocycles. The molecule has 0 aromatic carbocycles. The Morgan fingerprint density at radius 3 is 2.33 bits per heavy atom. The Labute approximate surface area is 185 Å². The molecule has 1 saturated carbocycles. The second-order valence-electron chi connectivity index (χ2n) is 7.85. The van der Waals surface area contributed by atoms with E-state index in [1.165, 1.54) is 69.3 Å². The summed E-state index contributed by atoms with van der Waals surface area (Å²) in [5.74, 6) is 0.914. The van der Waals surface area contributed by atoms with Crippen molar-refractivity contribution in [2.75, 3.05) is 26.7 Å². The van der Waals surface area contributed by atoms with Gasteiger partial charge in [-0.25, -0.2) is 4.98 Å². The Morgan fingerprint density at radius 2 is 1.74 bits per heavy atom. The number of nitrogens with one attached hydrogen (secondary N) is 2. The van der Waals surface area contributed by atoms with Crippen LogP contribution in [0.1, 0.15) is 66.9 Å². The fourth-order valence-corrected chi connectivity index (χ4v) is 5.43. The minimum atomic E-state index is 0. The third kappa shape index (κ3) is 6.03. The Hall–Kier alpha value is -0.410. The zero-order valence-corrected chi connectivity index (χ0v) is 20.3. The van der Waals surface area contributed by atoms with Crippen molar-refractivity contribution in [3.05, 3.63) is 15.6 Å². The topological polar surface area (TPSA) is 52.6 Å². The predicted molar refractivity (Wildman–Crippen MR) is 126 cm³/mol. The zero-order chi connectivity index (χ0) is 18.4. The summed E-state index contributed by atoms with van der Waals surface area (Å²) in [6, 6.07) is 0. The SMILES string of the molecule is CN=C(NCc1sc(C)nc1C)NCC1(N2CCCCC2)CCCCC1.I. The molecule has 0 atom stereocenters. The van der Waals surface area contributed by atoms with Gasteiger partial charge in [-0.05, 0) is 52.6 Å². The highest BCUT2D eigenvalue weighted by atomic mass is 127. The summed E-state index contributed by atoms with van der Waals surface area (Å²) in [7, 11) is 1.87. The number of aliphatic imine (C=N–C) groups is 1. The minimum absolute atomic E-state index is 0. The molecule has 2 N–H and O–H groups in total. The monoisotopic (exact) mass is 505 g/mol. The van der Waals surface area contributed by atoms with Crippen LogP contribution >= 0.6 is 35.3 Å². The van der Waals surface area contributed by atoms with Gasteiger partial charge in [0.2, 0.25) is 0 Å². The molecule has 1 aromatic heterocycles. The van der Waals surface area contributed by atoms with E-state index in [0.717, 1.165) is 29.8 Å². The summed E-state index contributed by atoms with van der Waals surface area (Å²) in [6.07, 6.45) is 10.9. The molecule has 27 heavy (non-hydrogen) atoms. The summed E-state index contributed by atoms with van der Waals surface area (Å²) in [4.78, 5) is 13.1.